The van der Waals surface area contributed by atoms with Crippen LogP contribution in [-0.4, -0.2) is 18.7 Å². The van der Waals surface area contributed by atoms with E-state index in [2.05, 4.69) is 0 Å². The Morgan fingerprint density at radius 3 is 2.76 bits per heavy atom. The molecule has 3 rings (SSSR count). The molecule has 1 aliphatic heterocycles. The fraction of sp³-hybridized carbons (Fsp3) is 0.188. The van der Waals surface area contributed by atoms with Gasteiger partial charge in [0.25, 0.3) is 0 Å². The summed E-state index contributed by atoms with van der Waals surface area (Å²) in [7, 11) is 0. The third kappa shape index (κ3) is 2.95. The molecule has 1 aliphatic rings. The molecule has 0 unspecified atom stereocenters. The second-order valence-corrected chi connectivity index (χ2v) is 5.13. The number of hydrogen-bond acceptors (Lipinski definition) is 4. The number of carbonyl (C=O) groups is 1. The lowest BCUT2D eigenvalue weighted by Gasteiger charge is -2.25. The summed E-state index contributed by atoms with van der Waals surface area (Å²) < 4.78 is 16.5. The van der Waals surface area contributed by atoms with E-state index >= 15 is 0 Å². The molecule has 0 saturated heterocycles. The lowest BCUT2D eigenvalue weighted by molar-refractivity contribution is -0.144. The van der Waals surface area contributed by atoms with Crippen LogP contribution in [0, 0.1) is 6.92 Å². The minimum absolute atomic E-state index is 0.127. The summed E-state index contributed by atoms with van der Waals surface area (Å²) in [4.78, 5) is 12.2. The summed E-state index contributed by atoms with van der Waals surface area (Å²) in [5.74, 6) is 1.14. The summed E-state index contributed by atoms with van der Waals surface area (Å²) in [6.45, 7) is 1.95. The maximum absolute atomic E-state index is 12.2. The van der Waals surface area contributed by atoms with E-state index in [1.54, 1.807) is 30.3 Å². The average molecular weight is 305 g/mol. The first-order valence-electron chi connectivity index (χ1n) is 6.50. The molecule has 2 aromatic carbocycles. The Morgan fingerprint density at radius 1 is 1.24 bits per heavy atom. The zero-order valence-corrected chi connectivity index (χ0v) is 12.1. The summed E-state index contributed by atoms with van der Waals surface area (Å²) in [5, 5.41) is 0.596. The predicted molar refractivity (Wildman–Crippen MR) is 78.2 cm³/mol. The number of carbonyl (C=O) groups excluding carboxylic acids is 1. The van der Waals surface area contributed by atoms with Crippen molar-refractivity contribution < 1.29 is 19.0 Å². The maximum Gasteiger partial charge on any atom is 0.356 e. The van der Waals surface area contributed by atoms with E-state index in [9.17, 15) is 4.79 Å². The zero-order valence-electron chi connectivity index (χ0n) is 11.3. The normalized spacial score (nSPS) is 16.4. The van der Waals surface area contributed by atoms with Crippen molar-refractivity contribution in [2.24, 2.45) is 0 Å². The van der Waals surface area contributed by atoms with Crippen LogP contribution in [0.4, 0.5) is 0 Å². The van der Waals surface area contributed by atoms with Gasteiger partial charge in [-0.1, -0.05) is 23.7 Å². The molecule has 108 valence electrons. The van der Waals surface area contributed by atoms with Crippen LogP contribution < -0.4 is 14.2 Å². The monoisotopic (exact) mass is 304 g/mol. The topological polar surface area (TPSA) is 44.8 Å². The van der Waals surface area contributed by atoms with Crippen LogP contribution in [-0.2, 0) is 4.79 Å². The Morgan fingerprint density at radius 2 is 2.00 bits per heavy atom. The Labute approximate surface area is 127 Å². The fourth-order valence-corrected chi connectivity index (χ4v) is 2.26. The molecule has 0 fully saturated rings. The summed E-state index contributed by atoms with van der Waals surface area (Å²) in [6, 6.07) is 12.3. The van der Waals surface area contributed by atoms with Crippen molar-refractivity contribution in [3.8, 4) is 17.2 Å². The molecule has 0 radical (unpaired) electrons. The highest BCUT2D eigenvalue weighted by atomic mass is 35.5. The minimum atomic E-state index is -0.782. The Kier molecular flexibility index (Phi) is 3.71. The molecule has 1 atom stereocenters. The van der Waals surface area contributed by atoms with E-state index < -0.39 is 12.1 Å². The van der Waals surface area contributed by atoms with Crippen molar-refractivity contribution in [3.63, 3.8) is 0 Å². The Balaban J connectivity index is 1.72. The molecule has 0 amide bonds. The fourth-order valence-electron chi connectivity index (χ4n) is 2.04. The highest BCUT2D eigenvalue weighted by Crippen LogP contribution is 2.31. The molecule has 2 aromatic rings. The van der Waals surface area contributed by atoms with Crippen LogP contribution in [0.3, 0.4) is 0 Å². The van der Waals surface area contributed by atoms with E-state index in [4.69, 9.17) is 25.8 Å². The maximum atomic E-state index is 12.2. The second-order valence-electron chi connectivity index (χ2n) is 4.70. The van der Waals surface area contributed by atoms with Crippen molar-refractivity contribution in [1.82, 2.24) is 0 Å². The molecule has 5 heteroatoms. The SMILES string of the molecule is Cc1cc(Cl)ccc1OC(=O)[C@H]1COc2ccccc2O1. The Hall–Kier alpha value is -2.20. The molecule has 0 bridgehead atoms. The van der Waals surface area contributed by atoms with Gasteiger partial charge in [-0.05, 0) is 42.8 Å². The second kappa shape index (κ2) is 5.66. The molecular formula is C16H13ClO4. The molecule has 0 aromatic heterocycles. The van der Waals surface area contributed by atoms with Crippen molar-refractivity contribution >= 4 is 17.6 Å². The van der Waals surface area contributed by atoms with Crippen LogP contribution >= 0.6 is 11.6 Å². The molecule has 1 heterocycles. The molecular weight excluding hydrogens is 292 g/mol. The number of rotatable bonds is 2. The van der Waals surface area contributed by atoms with Gasteiger partial charge < -0.3 is 14.2 Å². The van der Waals surface area contributed by atoms with Gasteiger partial charge in [0, 0.05) is 5.02 Å². The zero-order chi connectivity index (χ0) is 14.8. The first-order valence-corrected chi connectivity index (χ1v) is 6.87. The third-order valence-corrected chi connectivity index (χ3v) is 3.35. The number of para-hydroxylation sites is 2. The number of halogens is 1. The van der Waals surface area contributed by atoms with Crippen LogP contribution in [0.1, 0.15) is 5.56 Å². The van der Waals surface area contributed by atoms with E-state index in [0.29, 0.717) is 22.3 Å². The van der Waals surface area contributed by atoms with Gasteiger partial charge >= 0.3 is 5.97 Å². The first kappa shape index (κ1) is 13.8. The smallest absolute Gasteiger partial charge is 0.356 e. The summed E-state index contributed by atoms with van der Waals surface area (Å²) >= 11 is 5.87. The summed E-state index contributed by atoms with van der Waals surface area (Å²) in [6.07, 6.45) is -0.782. The van der Waals surface area contributed by atoms with Crippen LogP contribution in [0.25, 0.3) is 0 Å². The lowest BCUT2D eigenvalue weighted by atomic mass is 10.2. The van der Waals surface area contributed by atoms with Gasteiger partial charge in [0.05, 0.1) is 0 Å². The van der Waals surface area contributed by atoms with Crippen LogP contribution in [0.2, 0.25) is 5.02 Å². The largest absolute Gasteiger partial charge is 0.485 e. The number of esters is 1. The van der Waals surface area contributed by atoms with E-state index in [-0.39, 0.29) is 6.61 Å². The molecule has 0 N–H and O–H groups in total. The quantitative estimate of drug-likeness (QED) is 0.630. The van der Waals surface area contributed by atoms with E-state index in [1.165, 1.54) is 0 Å². The average Bonchev–Trinajstić information content (AvgIpc) is 2.49. The van der Waals surface area contributed by atoms with E-state index in [0.717, 1.165) is 5.56 Å². The number of benzene rings is 2. The van der Waals surface area contributed by atoms with Crippen molar-refractivity contribution in [2.75, 3.05) is 6.61 Å². The molecule has 0 saturated carbocycles. The standard InChI is InChI=1S/C16H13ClO4/c1-10-8-11(17)6-7-12(10)21-16(18)15-9-19-13-4-2-3-5-14(13)20-15/h2-8,15H,9H2,1H3/t15-/m1/s1. The van der Waals surface area contributed by atoms with Crippen molar-refractivity contribution in [2.45, 2.75) is 13.0 Å². The number of aryl methyl sites for hydroxylation is 1. The van der Waals surface area contributed by atoms with Crippen molar-refractivity contribution in [3.05, 3.63) is 53.1 Å². The molecule has 4 nitrogen and oxygen atoms in total. The molecule has 0 aliphatic carbocycles. The molecule has 0 spiro atoms. The minimum Gasteiger partial charge on any atom is -0.485 e. The van der Waals surface area contributed by atoms with Gasteiger partial charge in [-0.25, -0.2) is 4.79 Å². The molecule has 21 heavy (non-hydrogen) atoms. The number of ether oxygens (including phenoxy) is 3. The highest BCUT2D eigenvalue weighted by Gasteiger charge is 2.29. The first-order chi connectivity index (χ1) is 10.1. The van der Waals surface area contributed by atoms with Crippen molar-refractivity contribution in [1.29, 1.82) is 0 Å². The lowest BCUT2D eigenvalue weighted by Crippen LogP contribution is -2.39. The van der Waals surface area contributed by atoms with Crippen LogP contribution in [0.5, 0.6) is 17.2 Å². The van der Waals surface area contributed by atoms with Gasteiger partial charge in [0.15, 0.2) is 11.5 Å². The highest BCUT2D eigenvalue weighted by molar-refractivity contribution is 6.30. The van der Waals surface area contributed by atoms with Crippen LogP contribution in [0.15, 0.2) is 42.5 Å². The predicted octanol–water partition coefficient (Wildman–Crippen LogP) is 3.39. The third-order valence-electron chi connectivity index (χ3n) is 3.12. The Bertz CT molecular complexity index is 684. The number of fused-ring (bicyclic) bond motifs is 1. The van der Waals surface area contributed by atoms with Gasteiger partial charge in [0.1, 0.15) is 12.4 Å². The van der Waals surface area contributed by atoms with Gasteiger partial charge in [-0.15, -0.1) is 0 Å². The van der Waals surface area contributed by atoms with Gasteiger partial charge in [-0.3, -0.25) is 0 Å². The van der Waals surface area contributed by atoms with Gasteiger partial charge in [0.2, 0.25) is 6.10 Å². The van der Waals surface area contributed by atoms with E-state index in [1.807, 2.05) is 19.1 Å². The summed E-state index contributed by atoms with van der Waals surface area (Å²) in [5.41, 5.74) is 0.785. The number of hydrogen-bond donors (Lipinski definition) is 0. The van der Waals surface area contributed by atoms with Gasteiger partial charge in [-0.2, -0.15) is 0 Å².